The van der Waals surface area contributed by atoms with Crippen molar-refractivity contribution in [2.24, 2.45) is 11.8 Å². The maximum absolute atomic E-state index is 13.8. The van der Waals surface area contributed by atoms with Gasteiger partial charge in [0.1, 0.15) is 29.9 Å². The SMILES string of the molecule is COc1ccc(CN(C)C(=O)C2C/C=C\CCC(Cc3ccccc3)OC(=O)N[C@@H](CC(C)C)C(=O)N[C@H](C=O)C2)c(OC)c1. The second kappa shape index (κ2) is 17.8. The molecule has 2 aromatic rings. The van der Waals surface area contributed by atoms with E-state index in [-0.39, 0.29) is 24.8 Å². The monoisotopic (exact) mass is 621 g/mol. The van der Waals surface area contributed by atoms with E-state index in [2.05, 4.69) is 10.6 Å². The molecule has 1 aliphatic heterocycles. The first-order valence-corrected chi connectivity index (χ1v) is 15.5. The highest BCUT2D eigenvalue weighted by Crippen LogP contribution is 2.27. The molecule has 1 aliphatic rings. The first-order chi connectivity index (χ1) is 21.6. The molecule has 2 N–H and O–H groups in total. The van der Waals surface area contributed by atoms with E-state index in [1.807, 2.05) is 68.5 Å². The number of rotatable bonds is 10. The van der Waals surface area contributed by atoms with Gasteiger partial charge in [0.25, 0.3) is 0 Å². The van der Waals surface area contributed by atoms with E-state index in [0.29, 0.717) is 49.9 Å². The van der Waals surface area contributed by atoms with Crippen molar-refractivity contribution >= 4 is 24.2 Å². The predicted molar refractivity (Wildman–Crippen MR) is 172 cm³/mol. The van der Waals surface area contributed by atoms with E-state index in [9.17, 15) is 19.2 Å². The van der Waals surface area contributed by atoms with Crippen LogP contribution in [0.4, 0.5) is 4.79 Å². The van der Waals surface area contributed by atoms with Crippen LogP contribution in [0.5, 0.6) is 11.5 Å². The van der Waals surface area contributed by atoms with Crippen LogP contribution < -0.4 is 20.1 Å². The fraction of sp³-hybridized carbons (Fsp3) is 0.486. The Morgan fingerprint density at radius 3 is 2.49 bits per heavy atom. The number of carbonyl (C=O) groups excluding carboxylic acids is 4. The van der Waals surface area contributed by atoms with E-state index < -0.39 is 36.1 Å². The number of nitrogens with one attached hydrogen (secondary N) is 2. The van der Waals surface area contributed by atoms with Crippen molar-refractivity contribution in [2.75, 3.05) is 21.3 Å². The number of amides is 3. The minimum absolute atomic E-state index is 0.0834. The van der Waals surface area contributed by atoms with Crippen LogP contribution in [0.25, 0.3) is 0 Å². The van der Waals surface area contributed by atoms with Gasteiger partial charge in [-0.1, -0.05) is 56.3 Å². The van der Waals surface area contributed by atoms with E-state index >= 15 is 0 Å². The molecule has 0 spiro atoms. The van der Waals surface area contributed by atoms with E-state index in [0.717, 1.165) is 11.1 Å². The standard InChI is InChI=1S/C35H47N3O7/c1-24(2)18-31-33(40)36-28(23-39)20-26(34(41)38(3)22-27-16-17-29(43-4)21-32(27)44-5)14-10-7-11-15-30(45-35(42)37-31)19-25-12-8-6-9-13-25/h6-10,12-13,16-17,21,23-24,26,28,30-31H,11,14-15,18-20,22H2,1-5H3,(H,36,40)(H,37,42)/b10-7-/t26?,28-,30?,31-/m0/s1. The molecule has 0 aliphatic carbocycles. The molecule has 244 valence electrons. The molecule has 10 heteroatoms. The molecule has 3 amide bonds. The highest BCUT2D eigenvalue weighted by molar-refractivity contribution is 5.88. The van der Waals surface area contributed by atoms with Crippen LogP contribution in [0.2, 0.25) is 0 Å². The third kappa shape index (κ3) is 11.3. The normalized spacial score (nSPS) is 22.1. The summed E-state index contributed by atoms with van der Waals surface area (Å²) in [5.41, 5.74) is 1.84. The second-order valence-corrected chi connectivity index (χ2v) is 11.9. The van der Waals surface area contributed by atoms with Crippen LogP contribution in [0.15, 0.2) is 60.7 Å². The number of ether oxygens (including phenoxy) is 3. The lowest BCUT2D eigenvalue weighted by atomic mass is 9.94. The molecule has 10 nitrogen and oxygen atoms in total. The van der Waals surface area contributed by atoms with Gasteiger partial charge < -0.3 is 34.5 Å². The first kappa shape index (κ1) is 35.1. The van der Waals surface area contributed by atoms with Crippen molar-refractivity contribution < 1.29 is 33.4 Å². The molecule has 4 atom stereocenters. The molecular formula is C35H47N3O7. The zero-order chi connectivity index (χ0) is 32.8. The van der Waals surface area contributed by atoms with Crippen molar-refractivity contribution in [3.63, 3.8) is 0 Å². The zero-order valence-electron chi connectivity index (χ0n) is 27.0. The van der Waals surface area contributed by atoms with Gasteiger partial charge in [0.2, 0.25) is 11.8 Å². The molecule has 0 fully saturated rings. The summed E-state index contributed by atoms with van der Waals surface area (Å²) in [6, 6.07) is 13.4. The maximum atomic E-state index is 13.8. The lowest BCUT2D eigenvalue weighted by Gasteiger charge is -2.27. The van der Waals surface area contributed by atoms with Crippen LogP contribution in [-0.2, 0) is 32.1 Å². The summed E-state index contributed by atoms with van der Waals surface area (Å²) in [6.07, 6.45) is 5.99. The second-order valence-electron chi connectivity index (χ2n) is 11.9. The maximum Gasteiger partial charge on any atom is 0.408 e. The Morgan fingerprint density at radius 2 is 1.82 bits per heavy atom. The number of allylic oxidation sites excluding steroid dienone is 2. The Bertz CT molecular complexity index is 1300. The Labute approximate surface area is 266 Å². The Balaban J connectivity index is 1.84. The summed E-state index contributed by atoms with van der Waals surface area (Å²) in [5.74, 6) is 0.0836. The van der Waals surface area contributed by atoms with Gasteiger partial charge in [-0.25, -0.2) is 4.79 Å². The molecule has 0 radical (unpaired) electrons. The molecule has 1 heterocycles. The van der Waals surface area contributed by atoms with Crippen LogP contribution in [0, 0.1) is 11.8 Å². The molecular weight excluding hydrogens is 574 g/mol. The average molecular weight is 622 g/mol. The molecule has 45 heavy (non-hydrogen) atoms. The largest absolute Gasteiger partial charge is 0.497 e. The summed E-state index contributed by atoms with van der Waals surface area (Å²) >= 11 is 0. The molecule has 0 saturated heterocycles. The minimum Gasteiger partial charge on any atom is -0.497 e. The quantitative estimate of drug-likeness (QED) is 0.287. The third-order valence-electron chi connectivity index (χ3n) is 7.80. The van der Waals surface area contributed by atoms with Crippen molar-refractivity contribution in [3.05, 3.63) is 71.8 Å². The summed E-state index contributed by atoms with van der Waals surface area (Å²) in [5, 5.41) is 5.48. The number of benzene rings is 2. The number of nitrogens with zero attached hydrogens (tertiary/aromatic N) is 1. The van der Waals surface area contributed by atoms with Crippen LogP contribution >= 0.6 is 0 Å². The molecule has 2 aromatic carbocycles. The number of methoxy groups -OCH3 is 2. The first-order valence-electron chi connectivity index (χ1n) is 15.5. The van der Waals surface area contributed by atoms with E-state index in [1.54, 1.807) is 32.2 Å². The number of carbonyl (C=O) groups is 4. The molecule has 2 unspecified atom stereocenters. The van der Waals surface area contributed by atoms with Crippen molar-refractivity contribution in [1.29, 1.82) is 0 Å². The van der Waals surface area contributed by atoms with Gasteiger partial charge >= 0.3 is 6.09 Å². The lowest BCUT2D eigenvalue weighted by molar-refractivity contribution is -0.135. The van der Waals surface area contributed by atoms with Gasteiger partial charge in [-0.2, -0.15) is 0 Å². The van der Waals surface area contributed by atoms with Crippen molar-refractivity contribution in [2.45, 2.75) is 77.1 Å². The number of hydrogen-bond acceptors (Lipinski definition) is 7. The number of aldehydes is 1. The van der Waals surface area contributed by atoms with Gasteiger partial charge in [0, 0.05) is 37.6 Å². The third-order valence-corrected chi connectivity index (χ3v) is 7.80. The van der Waals surface area contributed by atoms with Gasteiger partial charge in [-0.3, -0.25) is 9.59 Å². The van der Waals surface area contributed by atoms with Crippen molar-refractivity contribution in [1.82, 2.24) is 15.5 Å². The van der Waals surface area contributed by atoms with Gasteiger partial charge in [-0.05, 0) is 55.7 Å². The molecule has 0 saturated carbocycles. The highest BCUT2D eigenvalue weighted by atomic mass is 16.6. The van der Waals surface area contributed by atoms with E-state index in [4.69, 9.17) is 14.2 Å². The predicted octanol–water partition coefficient (Wildman–Crippen LogP) is 4.84. The summed E-state index contributed by atoms with van der Waals surface area (Å²) in [7, 11) is 4.84. The number of cyclic esters (lactones) is 1. The van der Waals surface area contributed by atoms with Crippen LogP contribution in [-0.4, -0.2) is 68.5 Å². The summed E-state index contributed by atoms with van der Waals surface area (Å²) < 4.78 is 16.6. The molecule has 0 bridgehead atoms. The summed E-state index contributed by atoms with van der Waals surface area (Å²) in [4.78, 5) is 53.9. The minimum atomic E-state index is -0.924. The van der Waals surface area contributed by atoms with Gasteiger partial charge in [-0.15, -0.1) is 0 Å². The Morgan fingerprint density at radius 1 is 1.07 bits per heavy atom. The Kier molecular flexibility index (Phi) is 13.9. The Hall–Kier alpha value is -4.34. The van der Waals surface area contributed by atoms with Crippen LogP contribution in [0.1, 0.15) is 57.1 Å². The molecule has 3 rings (SSSR count). The molecule has 0 aromatic heterocycles. The zero-order valence-corrected chi connectivity index (χ0v) is 27.0. The number of alkyl carbamates (subject to hydrolysis) is 1. The smallest absolute Gasteiger partial charge is 0.408 e. The fourth-order valence-electron chi connectivity index (χ4n) is 5.43. The van der Waals surface area contributed by atoms with Gasteiger partial charge in [0.15, 0.2) is 0 Å². The van der Waals surface area contributed by atoms with Crippen LogP contribution in [0.3, 0.4) is 0 Å². The van der Waals surface area contributed by atoms with Crippen molar-refractivity contribution in [3.8, 4) is 11.5 Å². The van der Waals surface area contributed by atoms with Gasteiger partial charge in [0.05, 0.1) is 20.3 Å². The fourth-order valence-corrected chi connectivity index (χ4v) is 5.43. The summed E-state index contributed by atoms with van der Waals surface area (Å²) in [6.45, 7) is 4.17. The lowest BCUT2D eigenvalue weighted by Crippen LogP contribution is -2.51. The topological polar surface area (TPSA) is 123 Å². The average Bonchev–Trinajstić information content (AvgIpc) is 3.02. The highest BCUT2D eigenvalue weighted by Gasteiger charge is 2.30. The number of hydrogen-bond donors (Lipinski definition) is 2. The van der Waals surface area contributed by atoms with E-state index in [1.165, 1.54) is 0 Å².